The Morgan fingerprint density at radius 3 is 2.61 bits per heavy atom. The van der Waals surface area contributed by atoms with Crippen molar-refractivity contribution in [1.82, 2.24) is 14.3 Å². The molecule has 0 aliphatic rings. The number of methoxy groups -OCH3 is 1. The molecule has 0 fully saturated rings. The summed E-state index contributed by atoms with van der Waals surface area (Å²) in [6, 6.07) is 9.65. The third kappa shape index (κ3) is 4.46. The first-order valence-corrected chi connectivity index (χ1v) is 11.0. The highest BCUT2D eigenvalue weighted by Crippen LogP contribution is 2.37. The third-order valence-corrected chi connectivity index (χ3v) is 6.25. The van der Waals surface area contributed by atoms with E-state index in [1.165, 1.54) is 23.7 Å². The van der Waals surface area contributed by atoms with Gasteiger partial charge in [0, 0.05) is 40.6 Å². The Kier molecular flexibility index (Phi) is 6.42. The minimum Gasteiger partial charge on any atom is -0.394 e. The minimum absolute atomic E-state index is 0.209. The second kappa shape index (κ2) is 9.12. The molecule has 1 amide bonds. The Morgan fingerprint density at radius 1 is 1.24 bits per heavy atom. The number of nitrogens with one attached hydrogen (secondary N) is 1. The van der Waals surface area contributed by atoms with Crippen LogP contribution in [0.3, 0.4) is 0 Å². The number of nitrogens with zero attached hydrogens (tertiary/aromatic N) is 2. The number of rotatable bonds is 7. The van der Waals surface area contributed by atoms with Crippen molar-refractivity contribution >= 4 is 39.4 Å². The molecule has 0 radical (unpaired) electrons. The van der Waals surface area contributed by atoms with Gasteiger partial charge in [0.2, 0.25) is 0 Å². The summed E-state index contributed by atoms with van der Waals surface area (Å²) in [5.74, 6) is -0.330. The number of carbonyl (C=O) groups is 1. The first-order valence-electron chi connectivity index (χ1n) is 10.2. The van der Waals surface area contributed by atoms with E-state index < -0.39 is 17.8 Å². The molecule has 2 aromatic carbocycles. The van der Waals surface area contributed by atoms with Gasteiger partial charge in [-0.25, -0.2) is 0 Å². The molecule has 0 aliphatic carbocycles. The van der Waals surface area contributed by atoms with Crippen LogP contribution in [-0.4, -0.2) is 46.3 Å². The highest BCUT2D eigenvalue weighted by molar-refractivity contribution is 7.07. The molecular weight excluding hydrogens is 455 g/mol. The maximum Gasteiger partial charge on any atom is 0.416 e. The molecule has 10 heteroatoms. The second-order valence-electron chi connectivity index (χ2n) is 7.68. The normalized spacial score (nSPS) is 13.0. The van der Waals surface area contributed by atoms with Crippen molar-refractivity contribution in [3.05, 3.63) is 58.5 Å². The molecule has 0 bridgehead atoms. The average molecular weight is 478 g/mol. The predicted octanol–water partition coefficient (Wildman–Crippen LogP) is 4.69. The molecule has 2 N–H and O–H groups in total. The van der Waals surface area contributed by atoms with Crippen molar-refractivity contribution in [3.63, 3.8) is 0 Å². The number of alkyl halides is 3. The fraction of sp³-hybridized carbons (Fsp3) is 0.304. The highest BCUT2D eigenvalue weighted by Gasteiger charge is 2.30. The van der Waals surface area contributed by atoms with Gasteiger partial charge in [-0.3, -0.25) is 9.36 Å². The molecule has 174 valence electrons. The number of aliphatic hydroxyl groups excluding tert-OH is 1. The molecule has 1 atom stereocenters. The Morgan fingerprint density at radius 2 is 1.97 bits per heavy atom. The number of hydrogen-bond acceptors (Lipinski definition) is 5. The number of ether oxygens (including phenoxy) is 1. The maximum atomic E-state index is 13.0. The van der Waals surface area contributed by atoms with Gasteiger partial charge in [0.1, 0.15) is 0 Å². The predicted molar refractivity (Wildman–Crippen MR) is 121 cm³/mol. The molecule has 6 nitrogen and oxygen atoms in total. The number of carbonyl (C=O) groups excluding carboxylic acids is 1. The molecule has 4 aromatic rings. The van der Waals surface area contributed by atoms with Gasteiger partial charge in [0.15, 0.2) is 5.65 Å². The van der Waals surface area contributed by atoms with E-state index in [2.05, 4.69) is 9.69 Å². The molecule has 33 heavy (non-hydrogen) atoms. The van der Waals surface area contributed by atoms with E-state index in [1.54, 1.807) is 29.9 Å². The number of halogens is 3. The summed E-state index contributed by atoms with van der Waals surface area (Å²) in [5.41, 5.74) is 1.59. The highest BCUT2D eigenvalue weighted by atomic mass is 32.1. The third-order valence-electron chi connectivity index (χ3n) is 5.50. The van der Waals surface area contributed by atoms with Crippen LogP contribution in [0.1, 0.15) is 27.2 Å². The standard InChI is InChI=1S/C23H22F3N3O3S/c1-13-20-18-11-14(22(31)27-16(12-30)9-10-32-2)3-8-19(18)29(21(20)28-33-13)17-6-4-15(5-7-17)23(24,25)26/h3-8,11,16,30H,9-10,12H2,1-2H3,(H,27,31)/t16-/m0/s1. The average Bonchev–Trinajstić information content (AvgIpc) is 3.33. The van der Waals surface area contributed by atoms with E-state index in [9.17, 15) is 23.1 Å². The van der Waals surface area contributed by atoms with Gasteiger partial charge in [0.05, 0.1) is 23.7 Å². The van der Waals surface area contributed by atoms with Crippen LogP contribution in [0.4, 0.5) is 13.2 Å². The smallest absolute Gasteiger partial charge is 0.394 e. The molecule has 4 rings (SSSR count). The molecule has 0 aliphatic heterocycles. The molecule has 2 heterocycles. The van der Waals surface area contributed by atoms with Crippen LogP contribution < -0.4 is 5.32 Å². The summed E-state index contributed by atoms with van der Waals surface area (Å²) in [4.78, 5) is 13.7. The van der Waals surface area contributed by atoms with Gasteiger partial charge in [-0.15, -0.1) is 0 Å². The molecule has 0 saturated heterocycles. The summed E-state index contributed by atoms with van der Waals surface area (Å²) in [6.07, 6.45) is -3.94. The fourth-order valence-electron chi connectivity index (χ4n) is 3.81. The Hall–Kier alpha value is -2.95. The number of aromatic nitrogens is 2. The molecule has 0 saturated carbocycles. The summed E-state index contributed by atoms with van der Waals surface area (Å²) in [6.45, 7) is 2.11. The Bertz CT molecular complexity index is 1300. The van der Waals surface area contributed by atoms with Crippen molar-refractivity contribution in [2.75, 3.05) is 20.3 Å². The van der Waals surface area contributed by atoms with Crippen molar-refractivity contribution in [2.24, 2.45) is 0 Å². The van der Waals surface area contributed by atoms with Gasteiger partial charge in [-0.2, -0.15) is 17.5 Å². The topological polar surface area (TPSA) is 76.4 Å². The lowest BCUT2D eigenvalue weighted by molar-refractivity contribution is -0.137. The summed E-state index contributed by atoms with van der Waals surface area (Å²) < 4.78 is 50.3. The largest absolute Gasteiger partial charge is 0.416 e. The van der Waals surface area contributed by atoms with Crippen LogP contribution in [0, 0.1) is 6.92 Å². The van der Waals surface area contributed by atoms with Crippen LogP contribution in [0.5, 0.6) is 0 Å². The Balaban J connectivity index is 1.77. The molecule has 2 aromatic heterocycles. The van der Waals surface area contributed by atoms with E-state index >= 15 is 0 Å². The first-order chi connectivity index (χ1) is 15.7. The minimum atomic E-state index is -4.41. The van der Waals surface area contributed by atoms with Gasteiger partial charge in [-0.1, -0.05) is 0 Å². The SMILES string of the molecule is COCC[C@@H](CO)NC(=O)c1ccc2c(c1)c1c(C)snc1n2-c1ccc(C(F)(F)F)cc1. The lowest BCUT2D eigenvalue weighted by Crippen LogP contribution is -2.38. The number of fused-ring (bicyclic) bond motifs is 3. The zero-order valence-electron chi connectivity index (χ0n) is 17.9. The van der Waals surface area contributed by atoms with Crippen molar-refractivity contribution in [3.8, 4) is 5.69 Å². The van der Waals surface area contributed by atoms with E-state index in [0.717, 1.165) is 33.3 Å². The van der Waals surface area contributed by atoms with Crippen LogP contribution in [0.25, 0.3) is 27.6 Å². The zero-order valence-corrected chi connectivity index (χ0v) is 18.8. The number of hydrogen-bond donors (Lipinski definition) is 2. The summed E-state index contributed by atoms with van der Waals surface area (Å²) in [5, 5.41) is 13.9. The number of aliphatic hydroxyl groups is 1. The molecular formula is C23H22F3N3O3S. The van der Waals surface area contributed by atoms with Crippen LogP contribution in [0.2, 0.25) is 0 Å². The summed E-state index contributed by atoms with van der Waals surface area (Å²) in [7, 11) is 1.55. The van der Waals surface area contributed by atoms with E-state index in [4.69, 9.17) is 4.74 Å². The van der Waals surface area contributed by atoms with Crippen molar-refractivity contribution < 1.29 is 27.8 Å². The van der Waals surface area contributed by atoms with Gasteiger partial charge < -0.3 is 15.2 Å². The number of benzene rings is 2. The van der Waals surface area contributed by atoms with Crippen molar-refractivity contribution in [1.29, 1.82) is 0 Å². The van der Waals surface area contributed by atoms with Crippen LogP contribution in [0.15, 0.2) is 42.5 Å². The fourth-order valence-corrected chi connectivity index (χ4v) is 4.50. The Labute approximate surface area is 191 Å². The van der Waals surface area contributed by atoms with Crippen molar-refractivity contribution in [2.45, 2.75) is 25.6 Å². The zero-order chi connectivity index (χ0) is 23.8. The maximum absolute atomic E-state index is 13.0. The van der Waals surface area contributed by atoms with Gasteiger partial charge in [0.25, 0.3) is 5.91 Å². The number of amides is 1. The van der Waals surface area contributed by atoms with E-state index in [0.29, 0.717) is 29.9 Å². The lowest BCUT2D eigenvalue weighted by Gasteiger charge is -2.16. The van der Waals surface area contributed by atoms with Crippen LogP contribution in [-0.2, 0) is 10.9 Å². The van der Waals surface area contributed by atoms with Gasteiger partial charge in [-0.05, 0) is 67.3 Å². The quantitative estimate of drug-likeness (QED) is 0.405. The van der Waals surface area contributed by atoms with E-state index in [1.807, 2.05) is 6.92 Å². The first kappa shape index (κ1) is 23.2. The van der Waals surface area contributed by atoms with Gasteiger partial charge >= 0.3 is 6.18 Å². The second-order valence-corrected chi connectivity index (χ2v) is 8.66. The van der Waals surface area contributed by atoms with Crippen LogP contribution >= 0.6 is 11.5 Å². The monoisotopic (exact) mass is 477 g/mol. The van der Waals surface area contributed by atoms with E-state index in [-0.39, 0.29) is 12.5 Å². The molecule has 0 spiro atoms. The lowest BCUT2D eigenvalue weighted by atomic mass is 10.1. The summed E-state index contributed by atoms with van der Waals surface area (Å²) >= 11 is 1.29. The number of aryl methyl sites for hydroxylation is 1. The molecule has 0 unspecified atom stereocenters.